The number of nitrogens with zero attached hydrogens (tertiary/aromatic N) is 1. The fourth-order valence-electron chi connectivity index (χ4n) is 1.66. The minimum absolute atomic E-state index is 0. The van der Waals surface area contributed by atoms with Gasteiger partial charge in [-0.2, -0.15) is 0 Å². The van der Waals surface area contributed by atoms with E-state index in [0.717, 1.165) is 13.1 Å². The first-order valence-electron chi connectivity index (χ1n) is 5.38. The van der Waals surface area contributed by atoms with Gasteiger partial charge >= 0.3 is 109 Å². The molecule has 0 aromatic heterocycles. The fourth-order valence-corrected chi connectivity index (χ4v) is 2.23. The minimum atomic E-state index is 0. The van der Waals surface area contributed by atoms with Crippen LogP contribution in [0.4, 0.5) is 0 Å². The first kappa shape index (κ1) is 17.7. The molecular weight excluding hydrogens is 301 g/mol. The third kappa shape index (κ3) is 6.04. The van der Waals surface area contributed by atoms with Crippen molar-refractivity contribution >= 4 is 24.8 Å². The number of rotatable bonds is 4. The molecule has 1 nitrogen and oxygen atoms in total. The van der Waals surface area contributed by atoms with Crippen LogP contribution >= 0.6 is 24.8 Å². The predicted octanol–water partition coefficient (Wildman–Crippen LogP) is 3.99. The van der Waals surface area contributed by atoms with Gasteiger partial charge in [0.15, 0.2) is 0 Å². The van der Waals surface area contributed by atoms with Crippen LogP contribution in [0.15, 0.2) is 60.7 Å². The van der Waals surface area contributed by atoms with Gasteiger partial charge in [0.1, 0.15) is 0 Å². The molecule has 0 N–H and O–H groups in total. The Morgan fingerprint density at radius 3 is 1.33 bits per heavy atom. The van der Waals surface area contributed by atoms with Crippen molar-refractivity contribution in [2.24, 2.45) is 0 Å². The molecule has 0 fully saturated rings. The molecule has 0 aliphatic rings. The Kier molecular flexibility index (Phi) is 9.44. The van der Waals surface area contributed by atoms with Crippen molar-refractivity contribution < 1.29 is 20.7 Å². The topological polar surface area (TPSA) is 3.24 Å². The van der Waals surface area contributed by atoms with Gasteiger partial charge in [-0.15, -0.1) is 24.8 Å². The van der Waals surface area contributed by atoms with Crippen molar-refractivity contribution in [2.45, 2.75) is 13.1 Å². The van der Waals surface area contributed by atoms with E-state index in [1.54, 1.807) is 0 Å². The van der Waals surface area contributed by atoms with Gasteiger partial charge in [0.2, 0.25) is 0 Å². The number of benzene rings is 2. The van der Waals surface area contributed by atoms with Gasteiger partial charge in [0.25, 0.3) is 0 Å². The zero-order valence-corrected chi connectivity index (χ0v) is 13.1. The predicted molar refractivity (Wildman–Crippen MR) is 76.6 cm³/mol. The summed E-state index contributed by atoms with van der Waals surface area (Å²) in [4.78, 5) is 0. The molecule has 95 valence electrons. The van der Waals surface area contributed by atoms with Crippen LogP contribution in [0.5, 0.6) is 0 Å². The summed E-state index contributed by atoms with van der Waals surface area (Å²) < 4.78 is 2.32. The summed E-state index contributed by atoms with van der Waals surface area (Å²) in [5.41, 5.74) is 2.72. The Morgan fingerprint density at radius 2 is 1.00 bits per heavy atom. The maximum absolute atomic E-state index is 2.32. The van der Waals surface area contributed by atoms with E-state index in [0.29, 0.717) is 0 Å². The maximum atomic E-state index is 2.32. The van der Waals surface area contributed by atoms with Crippen LogP contribution < -0.4 is 0 Å². The Hall–Kier alpha value is -0.306. The van der Waals surface area contributed by atoms with E-state index in [4.69, 9.17) is 0 Å². The summed E-state index contributed by atoms with van der Waals surface area (Å²) >= 11 is 2.15. The summed E-state index contributed by atoms with van der Waals surface area (Å²) in [6.07, 6.45) is 0. The van der Waals surface area contributed by atoms with E-state index in [-0.39, 0.29) is 24.8 Å². The van der Waals surface area contributed by atoms with Gasteiger partial charge in [-0.05, 0) is 0 Å². The van der Waals surface area contributed by atoms with Gasteiger partial charge in [-0.25, -0.2) is 0 Å². The summed E-state index contributed by atoms with van der Waals surface area (Å²) in [7, 11) is 0. The first-order valence-corrected chi connectivity index (χ1v) is 6.08. The molecule has 0 aliphatic heterocycles. The van der Waals surface area contributed by atoms with Crippen LogP contribution in [-0.4, -0.2) is 3.38 Å². The number of hydrogen-bond donors (Lipinski definition) is 0. The van der Waals surface area contributed by atoms with Gasteiger partial charge in [-0.1, -0.05) is 0 Å². The molecule has 0 heterocycles. The van der Waals surface area contributed by atoms with Gasteiger partial charge < -0.3 is 0 Å². The second-order valence-electron chi connectivity index (χ2n) is 3.83. The van der Waals surface area contributed by atoms with E-state index in [9.17, 15) is 0 Å². The molecule has 2 aromatic carbocycles. The Labute approximate surface area is 133 Å². The van der Waals surface area contributed by atoms with Crippen LogP contribution in [-0.2, 0) is 33.8 Å². The van der Waals surface area contributed by atoms with Gasteiger partial charge in [-0.3, -0.25) is 0 Å². The second-order valence-corrected chi connectivity index (χ2v) is 4.81. The van der Waals surface area contributed by atoms with Crippen LogP contribution in [0.1, 0.15) is 11.1 Å². The first-order chi connectivity index (χ1) is 7.84. The number of hydrogen-bond acceptors (Lipinski definition) is 1. The molecule has 0 amide bonds. The third-order valence-corrected chi connectivity index (χ3v) is 2.93. The molecule has 0 atom stereocenters. The molecular formula is C14H16Cl2NTi. The molecule has 0 unspecified atom stereocenters. The molecule has 0 saturated heterocycles. The van der Waals surface area contributed by atoms with Crippen molar-refractivity contribution in [3.8, 4) is 0 Å². The quantitative estimate of drug-likeness (QED) is 0.771. The van der Waals surface area contributed by atoms with Crippen LogP contribution in [0.25, 0.3) is 0 Å². The third-order valence-electron chi connectivity index (χ3n) is 2.43. The van der Waals surface area contributed by atoms with Crippen LogP contribution in [0, 0.1) is 0 Å². The molecule has 18 heavy (non-hydrogen) atoms. The second kappa shape index (κ2) is 9.60. The zero-order valence-electron chi connectivity index (χ0n) is 9.95. The monoisotopic (exact) mass is 316 g/mol. The van der Waals surface area contributed by atoms with Crippen molar-refractivity contribution in [1.82, 2.24) is 3.38 Å². The molecule has 2 aromatic rings. The summed E-state index contributed by atoms with van der Waals surface area (Å²) in [6, 6.07) is 21.1. The van der Waals surface area contributed by atoms with E-state index in [2.05, 4.69) is 84.7 Å². The average molecular weight is 317 g/mol. The molecule has 0 radical (unpaired) electrons. The zero-order chi connectivity index (χ0) is 11.2. The van der Waals surface area contributed by atoms with Gasteiger partial charge in [0.05, 0.1) is 0 Å². The molecule has 4 heteroatoms. The number of halogens is 2. The van der Waals surface area contributed by atoms with E-state index < -0.39 is 0 Å². The van der Waals surface area contributed by atoms with Crippen LogP contribution in [0.2, 0.25) is 0 Å². The Bertz CT molecular complexity index is 381. The van der Waals surface area contributed by atoms with Crippen molar-refractivity contribution in [1.29, 1.82) is 0 Å². The SMILES string of the molecule is Cl.Cl.[Ti][N](Cc1ccccc1)Cc1ccccc1. The van der Waals surface area contributed by atoms with E-state index in [1.165, 1.54) is 11.1 Å². The van der Waals surface area contributed by atoms with Crippen molar-refractivity contribution in [3.05, 3.63) is 71.8 Å². The molecule has 0 spiro atoms. The normalized spacial score (nSPS) is 9.33. The van der Waals surface area contributed by atoms with Crippen molar-refractivity contribution in [3.63, 3.8) is 0 Å². The molecule has 2 rings (SSSR count). The van der Waals surface area contributed by atoms with Crippen LogP contribution in [0.3, 0.4) is 0 Å². The fraction of sp³-hybridized carbons (Fsp3) is 0.143. The summed E-state index contributed by atoms with van der Waals surface area (Å²) in [6.45, 7) is 1.99. The molecule has 0 aliphatic carbocycles. The van der Waals surface area contributed by atoms with E-state index in [1.807, 2.05) is 0 Å². The summed E-state index contributed by atoms with van der Waals surface area (Å²) in [5.74, 6) is 0. The molecule has 0 saturated carbocycles. The van der Waals surface area contributed by atoms with Gasteiger partial charge in [0, 0.05) is 0 Å². The van der Waals surface area contributed by atoms with E-state index >= 15 is 0 Å². The average Bonchev–Trinajstić information content (AvgIpc) is 2.31. The Morgan fingerprint density at radius 1 is 0.667 bits per heavy atom. The molecule has 0 bridgehead atoms. The standard InChI is InChI=1S/C14H14N.2ClH.Ti/c1-3-7-13(8-4-1)11-15-12-14-9-5-2-6-10-14;;;/h1-10H,11-12H2;2*1H;/q-1;;;+1. The van der Waals surface area contributed by atoms with Crippen molar-refractivity contribution in [2.75, 3.05) is 0 Å². The summed E-state index contributed by atoms with van der Waals surface area (Å²) in [5, 5.41) is 0. The Balaban J connectivity index is 0.00000144.